The summed E-state index contributed by atoms with van der Waals surface area (Å²) < 4.78 is 0. The predicted octanol–water partition coefficient (Wildman–Crippen LogP) is 3.16. The molecule has 0 fully saturated rings. The Morgan fingerprint density at radius 3 is 1.95 bits per heavy atom. The molecule has 0 bridgehead atoms. The van der Waals surface area contributed by atoms with Gasteiger partial charge < -0.3 is 0 Å². The highest BCUT2D eigenvalue weighted by molar-refractivity contribution is 5.63. The summed E-state index contributed by atoms with van der Waals surface area (Å²) in [6.07, 6.45) is 1.56. The molecule has 1 amide bonds. The maximum absolute atomic E-state index is 8.94. The van der Waals surface area contributed by atoms with Crippen molar-refractivity contribution in [2.45, 2.75) is 20.3 Å². The third-order valence-corrected chi connectivity index (χ3v) is 2.77. The fraction of sp³-hybridized carbons (Fsp3) is 0.235. The Morgan fingerprint density at radius 1 is 1.00 bits per heavy atom. The van der Waals surface area contributed by atoms with Gasteiger partial charge >= 0.3 is 0 Å². The van der Waals surface area contributed by atoms with Gasteiger partial charge in [-0.15, -0.1) is 0 Å². The van der Waals surface area contributed by atoms with Crippen molar-refractivity contribution in [1.29, 1.82) is 0 Å². The molecule has 0 aliphatic carbocycles. The highest BCUT2D eigenvalue weighted by Gasteiger charge is 1.99. The SMILES string of the molecule is CC(C)Cc1ccc(-c2ccccc2)cc1.NNC=O. The summed E-state index contributed by atoms with van der Waals surface area (Å²) in [7, 11) is 0. The van der Waals surface area contributed by atoms with Crippen LogP contribution in [0.25, 0.3) is 11.1 Å². The molecule has 0 unspecified atom stereocenters. The smallest absolute Gasteiger partial charge is 0.221 e. The van der Waals surface area contributed by atoms with Crippen molar-refractivity contribution in [2.75, 3.05) is 0 Å². The Kier molecular flexibility index (Phi) is 7.07. The summed E-state index contributed by atoms with van der Waals surface area (Å²) >= 11 is 0. The molecule has 3 heteroatoms. The van der Waals surface area contributed by atoms with Gasteiger partial charge in [0, 0.05) is 0 Å². The van der Waals surface area contributed by atoms with Gasteiger partial charge in [-0.25, -0.2) is 5.84 Å². The Labute approximate surface area is 120 Å². The topological polar surface area (TPSA) is 55.1 Å². The van der Waals surface area contributed by atoms with Crippen molar-refractivity contribution < 1.29 is 4.79 Å². The zero-order chi connectivity index (χ0) is 14.8. The number of amides is 1. The number of hydrazine groups is 1. The van der Waals surface area contributed by atoms with Crippen LogP contribution in [0, 0.1) is 5.92 Å². The van der Waals surface area contributed by atoms with E-state index in [1.165, 1.54) is 16.7 Å². The summed E-state index contributed by atoms with van der Waals surface area (Å²) in [6, 6.07) is 19.4. The molecule has 3 nitrogen and oxygen atoms in total. The summed E-state index contributed by atoms with van der Waals surface area (Å²) in [6.45, 7) is 4.51. The van der Waals surface area contributed by atoms with Gasteiger partial charge in [0.2, 0.25) is 6.41 Å². The van der Waals surface area contributed by atoms with E-state index in [1.807, 2.05) is 0 Å². The van der Waals surface area contributed by atoms with Crippen molar-refractivity contribution >= 4 is 6.41 Å². The summed E-state index contributed by atoms with van der Waals surface area (Å²) in [5.74, 6) is 5.13. The van der Waals surface area contributed by atoms with E-state index in [4.69, 9.17) is 4.79 Å². The van der Waals surface area contributed by atoms with E-state index in [2.05, 4.69) is 74.3 Å². The van der Waals surface area contributed by atoms with E-state index in [0.717, 1.165) is 12.3 Å². The highest BCUT2D eigenvalue weighted by atomic mass is 16.1. The number of hydrogen-bond donors (Lipinski definition) is 2. The third-order valence-electron chi connectivity index (χ3n) is 2.77. The largest absolute Gasteiger partial charge is 0.297 e. The summed E-state index contributed by atoms with van der Waals surface area (Å²) in [5.41, 5.74) is 5.77. The first-order chi connectivity index (χ1) is 9.67. The molecule has 3 N–H and O–H groups in total. The first-order valence-corrected chi connectivity index (χ1v) is 6.71. The fourth-order valence-corrected chi connectivity index (χ4v) is 1.94. The zero-order valence-corrected chi connectivity index (χ0v) is 12.0. The molecule has 106 valence electrons. The molecular weight excluding hydrogens is 248 g/mol. The van der Waals surface area contributed by atoms with Crippen LogP contribution in [0.3, 0.4) is 0 Å². The summed E-state index contributed by atoms with van der Waals surface area (Å²) in [5, 5.41) is 0. The lowest BCUT2D eigenvalue weighted by atomic mass is 9.99. The molecule has 0 saturated heterocycles. The second kappa shape index (κ2) is 8.88. The van der Waals surface area contributed by atoms with Crippen LogP contribution >= 0.6 is 0 Å². The lowest BCUT2D eigenvalue weighted by Crippen LogP contribution is -2.18. The Balaban J connectivity index is 0.000000444. The monoisotopic (exact) mass is 270 g/mol. The van der Waals surface area contributed by atoms with Crippen LogP contribution in [0.15, 0.2) is 54.6 Å². The molecule has 2 aromatic carbocycles. The maximum atomic E-state index is 8.94. The standard InChI is InChI=1S/C16H18.CH4N2O/c1-13(2)12-14-8-10-16(11-9-14)15-6-4-3-5-7-15;2-3-1-4/h3-11,13H,12H2,1-2H3;1H,2H2,(H,3,4). The molecule has 0 atom stereocenters. The van der Waals surface area contributed by atoms with Gasteiger partial charge in [0.25, 0.3) is 0 Å². The Hall–Kier alpha value is -2.13. The lowest BCUT2D eigenvalue weighted by Gasteiger charge is -2.06. The summed E-state index contributed by atoms with van der Waals surface area (Å²) in [4.78, 5) is 8.94. The molecule has 0 aromatic heterocycles. The number of nitrogens with two attached hydrogens (primary N) is 1. The molecule has 0 spiro atoms. The number of rotatable bonds is 4. The first kappa shape index (κ1) is 15.9. The highest BCUT2D eigenvalue weighted by Crippen LogP contribution is 2.20. The van der Waals surface area contributed by atoms with Gasteiger partial charge in [-0.05, 0) is 29.0 Å². The molecule has 0 aliphatic rings. The molecule has 0 heterocycles. The number of nitrogens with one attached hydrogen (secondary N) is 1. The fourth-order valence-electron chi connectivity index (χ4n) is 1.94. The minimum absolute atomic E-state index is 0.403. The van der Waals surface area contributed by atoms with Gasteiger partial charge in [-0.1, -0.05) is 68.4 Å². The van der Waals surface area contributed by atoms with Crippen LogP contribution in [0.4, 0.5) is 0 Å². The van der Waals surface area contributed by atoms with E-state index < -0.39 is 0 Å². The van der Waals surface area contributed by atoms with Crippen molar-refractivity contribution in [2.24, 2.45) is 11.8 Å². The van der Waals surface area contributed by atoms with Crippen molar-refractivity contribution in [1.82, 2.24) is 5.43 Å². The van der Waals surface area contributed by atoms with E-state index in [-0.39, 0.29) is 0 Å². The van der Waals surface area contributed by atoms with Crippen molar-refractivity contribution in [3.63, 3.8) is 0 Å². The minimum Gasteiger partial charge on any atom is -0.297 e. The van der Waals surface area contributed by atoms with Gasteiger partial charge in [-0.3, -0.25) is 10.2 Å². The lowest BCUT2D eigenvalue weighted by molar-refractivity contribution is -0.109. The van der Waals surface area contributed by atoms with E-state index in [9.17, 15) is 0 Å². The van der Waals surface area contributed by atoms with Crippen LogP contribution in [0.1, 0.15) is 19.4 Å². The molecule has 2 rings (SSSR count). The minimum atomic E-state index is 0.403. The molecule has 0 radical (unpaired) electrons. The molecule has 0 aliphatic heterocycles. The average Bonchev–Trinajstić information content (AvgIpc) is 2.48. The first-order valence-electron chi connectivity index (χ1n) is 6.71. The van der Waals surface area contributed by atoms with Gasteiger partial charge in [0.05, 0.1) is 0 Å². The number of carbonyl (C=O) groups excluding carboxylic acids is 1. The second-order valence-electron chi connectivity index (χ2n) is 4.95. The van der Waals surface area contributed by atoms with Gasteiger partial charge in [0.15, 0.2) is 0 Å². The van der Waals surface area contributed by atoms with E-state index in [0.29, 0.717) is 6.41 Å². The quantitative estimate of drug-likeness (QED) is 0.388. The van der Waals surface area contributed by atoms with Gasteiger partial charge in [0.1, 0.15) is 0 Å². The van der Waals surface area contributed by atoms with Crippen molar-refractivity contribution in [3.05, 3.63) is 60.2 Å². The zero-order valence-electron chi connectivity index (χ0n) is 12.0. The Bertz CT molecular complexity index is 492. The molecular formula is C17H22N2O. The molecule has 0 saturated carbocycles. The molecule has 20 heavy (non-hydrogen) atoms. The predicted molar refractivity (Wildman–Crippen MR) is 83.8 cm³/mol. The number of benzene rings is 2. The average molecular weight is 270 g/mol. The van der Waals surface area contributed by atoms with Crippen LogP contribution in [-0.4, -0.2) is 6.41 Å². The van der Waals surface area contributed by atoms with Crippen LogP contribution in [0.5, 0.6) is 0 Å². The maximum Gasteiger partial charge on any atom is 0.221 e. The van der Waals surface area contributed by atoms with Gasteiger partial charge in [-0.2, -0.15) is 0 Å². The Morgan fingerprint density at radius 2 is 1.50 bits per heavy atom. The second-order valence-corrected chi connectivity index (χ2v) is 4.95. The third kappa shape index (κ3) is 5.67. The normalized spacial score (nSPS) is 9.60. The van der Waals surface area contributed by atoms with Crippen molar-refractivity contribution in [3.8, 4) is 11.1 Å². The number of hydrogen-bond acceptors (Lipinski definition) is 2. The van der Waals surface area contributed by atoms with Crippen LogP contribution in [-0.2, 0) is 11.2 Å². The van der Waals surface area contributed by atoms with E-state index in [1.54, 1.807) is 5.43 Å². The molecule has 2 aromatic rings. The van der Waals surface area contributed by atoms with Crippen LogP contribution in [0.2, 0.25) is 0 Å². The van der Waals surface area contributed by atoms with Crippen LogP contribution < -0.4 is 11.3 Å². The number of carbonyl (C=O) groups is 1. The van der Waals surface area contributed by atoms with E-state index >= 15 is 0 Å².